The van der Waals surface area contributed by atoms with Crippen molar-refractivity contribution < 1.29 is 14.6 Å². The van der Waals surface area contributed by atoms with Crippen LogP contribution in [0.25, 0.3) is 0 Å². The number of amides is 1. The summed E-state index contributed by atoms with van der Waals surface area (Å²) in [4.78, 5) is 11.9. The molecule has 0 aliphatic heterocycles. The molecule has 0 saturated carbocycles. The maximum atomic E-state index is 11.9. The monoisotopic (exact) mass is 422 g/mol. The summed E-state index contributed by atoms with van der Waals surface area (Å²) >= 11 is 3.44. The van der Waals surface area contributed by atoms with Gasteiger partial charge in [-0.3, -0.25) is 4.79 Å². The lowest BCUT2D eigenvalue weighted by molar-refractivity contribution is -0.124. The van der Waals surface area contributed by atoms with E-state index < -0.39 is 0 Å². The average molecular weight is 424 g/mol. The summed E-state index contributed by atoms with van der Waals surface area (Å²) in [6, 6.07) is 5.65. The first kappa shape index (κ1) is 23.2. The summed E-state index contributed by atoms with van der Waals surface area (Å²) in [5.41, 5.74) is 0.253. The minimum absolute atomic E-state index is 0. The second kappa shape index (κ2) is 9.61. The number of aliphatic hydroxyl groups excluding tert-OH is 1. The van der Waals surface area contributed by atoms with Gasteiger partial charge in [-0.15, -0.1) is 12.4 Å². The molecule has 0 bridgehead atoms. The summed E-state index contributed by atoms with van der Waals surface area (Å²) < 4.78 is 6.60. The van der Waals surface area contributed by atoms with Crippen LogP contribution >= 0.6 is 28.3 Å². The molecule has 0 saturated heterocycles. The number of aliphatic hydroxyl groups is 1. The summed E-state index contributed by atoms with van der Waals surface area (Å²) in [6.07, 6.45) is 0. The van der Waals surface area contributed by atoms with E-state index in [4.69, 9.17) is 4.74 Å². The van der Waals surface area contributed by atoms with Gasteiger partial charge in [-0.1, -0.05) is 15.9 Å². The van der Waals surface area contributed by atoms with Gasteiger partial charge in [0.2, 0.25) is 0 Å². The molecule has 1 rings (SSSR count). The molecule has 1 amide bonds. The van der Waals surface area contributed by atoms with Crippen molar-refractivity contribution in [2.24, 2.45) is 0 Å². The van der Waals surface area contributed by atoms with Gasteiger partial charge < -0.3 is 20.5 Å². The Morgan fingerprint density at radius 2 is 1.88 bits per heavy atom. The van der Waals surface area contributed by atoms with E-state index in [9.17, 15) is 9.90 Å². The second-order valence-electron chi connectivity index (χ2n) is 7.23. The minimum Gasteiger partial charge on any atom is -0.483 e. The molecular formula is C17H28BrClN2O3. The molecule has 0 fully saturated rings. The SMILES string of the molecule is CC(C)(C)NC(=O)COc1ccc(Br)cc1CNC(C)(C)CO.Cl. The summed E-state index contributed by atoms with van der Waals surface area (Å²) in [7, 11) is 0. The Morgan fingerprint density at radius 3 is 2.42 bits per heavy atom. The van der Waals surface area contributed by atoms with Crippen LogP contribution in [0.4, 0.5) is 0 Å². The third-order valence-corrected chi connectivity index (χ3v) is 3.54. The molecule has 0 aliphatic rings. The van der Waals surface area contributed by atoms with Crippen molar-refractivity contribution in [3.63, 3.8) is 0 Å². The minimum atomic E-state index is -0.386. The van der Waals surface area contributed by atoms with Crippen LogP contribution < -0.4 is 15.4 Å². The molecule has 0 atom stereocenters. The molecule has 3 N–H and O–H groups in total. The normalized spacial score (nSPS) is 11.6. The largest absolute Gasteiger partial charge is 0.483 e. The van der Waals surface area contributed by atoms with E-state index >= 15 is 0 Å². The lowest BCUT2D eigenvalue weighted by Gasteiger charge is -2.24. The number of ether oxygens (including phenoxy) is 1. The van der Waals surface area contributed by atoms with Gasteiger partial charge in [-0.25, -0.2) is 0 Å². The van der Waals surface area contributed by atoms with Gasteiger partial charge in [-0.2, -0.15) is 0 Å². The van der Waals surface area contributed by atoms with E-state index in [1.807, 2.05) is 52.8 Å². The predicted molar refractivity (Wildman–Crippen MR) is 103 cm³/mol. The van der Waals surface area contributed by atoms with Gasteiger partial charge in [0.05, 0.1) is 6.61 Å². The molecule has 0 aliphatic carbocycles. The van der Waals surface area contributed by atoms with Crippen LogP contribution in [0.2, 0.25) is 0 Å². The highest BCUT2D eigenvalue weighted by molar-refractivity contribution is 9.10. The van der Waals surface area contributed by atoms with E-state index in [1.54, 1.807) is 0 Å². The Hall–Kier alpha value is -0.820. The molecule has 0 spiro atoms. The average Bonchev–Trinajstić information content (AvgIpc) is 2.42. The van der Waals surface area contributed by atoms with Crippen LogP contribution in [-0.4, -0.2) is 35.3 Å². The van der Waals surface area contributed by atoms with Gasteiger partial charge in [0.1, 0.15) is 5.75 Å². The zero-order valence-corrected chi connectivity index (χ0v) is 17.3. The highest BCUT2D eigenvalue weighted by atomic mass is 79.9. The van der Waals surface area contributed by atoms with Crippen LogP contribution in [0.5, 0.6) is 5.75 Å². The number of halogens is 2. The number of nitrogens with one attached hydrogen (secondary N) is 2. The molecule has 0 radical (unpaired) electrons. The Labute approximate surface area is 159 Å². The molecule has 7 heteroatoms. The standard InChI is InChI=1S/C17H27BrN2O3.ClH/c1-16(2,3)20-15(22)10-23-14-7-6-13(18)8-12(14)9-19-17(4,5)11-21;/h6-8,19,21H,9-11H2,1-5H3,(H,20,22);1H. The van der Waals surface area contributed by atoms with Crippen molar-refractivity contribution in [2.45, 2.75) is 52.2 Å². The van der Waals surface area contributed by atoms with E-state index in [1.165, 1.54) is 0 Å². The van der Waals surface area contributed by atoms with E-state index in [0.717, 1.165) is 10.0 Å². The lowest BCUT2D eigenvalue weighted by atomic mass is 10.1. The number of hydrogen-bond acceptors (Lipinski definition) is 4. The smallest absolute Gasteiger partial charge is 0.258 e. The van der Waals surface area contributed by atoms with Crippen LogP contribution in [-0.2, 0) is 11.3 Å². The Kier molecular flexibility index (Phi) is 9.28. The zero-order chi connectivity index (χ0) is 17.7. The van der Waals surface area contributed by atoms with Crippen molar-refractivity contribution in [2.75, 3.05) is 13.2 Å². The van der Waals surface area contributed by atoms with Crippen LogP contribution in [0.15, 0.2) is 22.7 Å². The van der Waals surface area contributed by atoms with Gasteiger partial charge in [0.25, 0.3) is 5.91 Å². The summed E-state index contributed by atoms with van der Waals surface area (Å²) in [5, 5.41) is 15.5. The highest BCUT2D eigenvalue weighted by Crippen LogP contribution is 2.24. The first-order valence-corrected chi connectivity index (χ1v) is 8.40. The highest BCUT2D eigenvalue weighted by Gasteiger charge is 2.17. The molecule has 1 aromatic rings. The number of rotatable bonds is 7. The van der Waals surface area contributed by atoms with Crippen molar-refractivity contribution in [3.05, 3.63) is 28.2 Å². The molecular weight excluding hydrogens is 396 g/mol. The number of benzene rings is 1. The Bertz CT molecular complexity index is 545. The van der Waals surface area contributed by atoms with Crippen molar-refractivity contribution in [1.82, 2.24) is 10.6 Å². The fourth-order valence-electron chi connectivity index (χ4n) is 1.82. The topological polar surface area (TPSA) is 70.6 Å². The first-order chi connectivity index (χ1) is 10.5. The summed E-state index contributed by atoms with van der Waals surface area (Å²) in [5.74, 6) is 0.494. The van der Waals surface area contributed by atoms with E-state index in [0.29, 0.717) is 12.3 Å². The zero-order valence-electron chi connectivity index (χ0n) is 14.9. The third-order valence-electron chi connectivity index (χ3n) is 3.05. The van der Waals surface area contributed by atoms with E-state index in [2.05, 4.69) is 26.6 Å². The first-order valence-electron chi connectivity index (χ1n) is 7.60. The third kappa shape index (κ3) is 8.87. The van der Waals surface area contributed by atoms with Crippen LogP contribution in [0.3, 0.4) is 0 Å². The molecule has 0 unspecified atom stereocenters. The Morgan fingerprint density at radius 1 is 1.25 bits per heavy atom. The maximum Gasteiger partial charge on any atom is 0.258 e. The van der Waals surface area contributed by atoms with Crippen molar-refractivity contribution >= 4 is 34.2 Å². The number of carbonyl (C=O) groups is 1. The predicted octanol–water partition coefficient (Wildman–Crippen LogP) is 3.02. The number of carbonyl (C=O) groups excluding carboxylic acids is 1. The fraction of sp³-hybridized carbons (Fsp3) is 0.588. The van der Waals surface area contributed by atoms with Crippen LogP contribution in [0, 0.1) is 0 Å². The molecule has 138 valence electrons. The molecule has 0 aromatic heterocycles. The summed E-state index contributed by atoms with van der Waals surface area (Å²) in [6.45, 7) is 10.2. The molecule has 24 heavy (non-hydrogen) atoms. The fourth-order valence-corrected chi connectivity index (χ4v) is 2.22. The second-order valence-corrected chi connectivity index (χ2v) is 8.15. The van der Waals surface area contributed by atoms with Gasteiger partial charge in [0, 0.05) is 27.7 Å². The number of hydrogen-bond donors (Lipinski definition) is 3. The molecule has 1 aromatic carbocycles. The van der Waals surface area contributed by atoms with Gasteiger partial charge >= 0.3 is 0 Å². The molecule has 5 nitrogen and oxygen atoms in total. The van der Waals surface area contributed by atoms with E-state index in [-0.39, 0.29) is 42.6 Å². The van der Waals surface area contributed by atoms with Crippen molar-refractivity contribution in [1.29, 1.82) is 0 Å². The van der Waals surface area contributed by atoms with Crippen LogP contribution in [0.1, 0.15) is 40.2 Å². The quantitative estimate of drug-likeness (QED) is 0.630. The maximum absolute atomic E-state index is 11.9. The molecule has 0 heterocycles. The van der Waals surface area contributed by atoms with Gasteiger partial charge in [0.15, 0.2) is 6.61 Å². The lowest BCUT2D eigenvalue weighted by Crippen LogP contribution is -2.43. The van der Waals surface area contributed by atoms with Crippen molar-refractivity contribution in [3.8, 4) is 5.75 Å². The van der Waals surface area contributed by atoms with Gasteiger partial charge in [-0.05, 0) is 52.8 Å². The Balaban J connectivity index is 0.00000529.